The van der Waals surface area contributed by atoms with Crippen molar-refractivity contribution in [2.75, 3.05) is 5.32 Å². The largest absolute Gasteiger partial charge is 0.347 e. The Morgan fingerprint density at radius 3 is 2.64 bits per heavy atom. The number of hydrogen-bond acceptors (Lipinski definition) is 2. The third-order valence-corrected chi connectivity index (χ3v) is 4.46. The highest BCUT2D eigenvalue weighted by Gasteiger charge is 2.12. The zero-order chi connectivity index (χ0) is 17.8. The first-order chi connectivity index (χ1) is 12.1. The van der Waals surface area contributed by atoms with Gasteiger partial charge in [-0.05, 0) is 43.3 Å². The molecule has 0 saturated heterocycles. The van der Waals surface area contributed by atoms with E-state index >= 15 is 0 Å². The van der Waals surface area contributed by atoms with E-state index < -0.39 is 5.91 Å². The lowest BCUT2D eigenvalue weighted by Crippen LogP contribution is -2.13. The Hall–Kier alpha value is -2.84. The number of fused-ring (bicyclic) bond motifs is 1. The second-order valence-electron chi connectivity index (χ2n) is 5.52. The quantitative estimate of drug-likeness (QED) is 0.502. The van der Waals surface area contributed by atoms with Gasteiger partial charge in [-0.2, -0.15) is 5.26 Å². The molecule has 0 aliphatic heterocycles. The van der Waals surface area contributed by atoms with Gasteiger partial charge in [-0.25, -0.2) is 0 Å². The molecule has 0 saturated carbocycles. The van der Waals surface area contributed by atoms with E-state index in [4.69, 9.17) is 0 Å². The van der Waals surface area contributed by atoms with Crippen LogP contribution in [0.1, 0.15) is 12.5 Å². The van der Waals surface area contributed by atoms with Crippen LogP contribution in [0.4, 0.5) is 5.69 Å². The summed E-state index contributed by atoms with van der Waals surface area (Å²) < 4.78 is 3.02. The molecule has 25 heavy (non-hydrogen) atoms. The summed E-state index contributed by atoms with van der Waals surface area (Å²) in [4.78, 5) is 12.4. The summed E-state index contributed by atoms with van der Waals surface area (Å²) in [6.07, 6.45) is 3.61. The van der Waals surface area contributed by atoms with E-state index in [1.165, 1.54) is 0 Å². The van der Waals surface area contributed by atoms with Crippen molar-refractivity contribution >= 4 is 44.5 Å². The Kier molecular flexibility index (Phi) is 5.01. The average molecular weight is 394 g/mol. The Morgan fingerprint density at radius 1 is 1.24 bits per heavy atom. The van der Waals surface area contributed by atoms with Crippen molar-refractivity contribution in [3.63, 3.8) is 0 Å². The third kappa shape index (κ3) is 3.65. The van der Waals surface area contributed by atoms with Crippen LogP contribution in [0, 0.1) is 11.3 Å². The summed E-state index contributed by atoms with van der Waals surface area (Å²) in [6.45, 7) is 2.88. The number of carbonyl (C=O) groups excluding carboxylic acids is 1. The zero-order valence-corrected chi connectivity index (χ0v) is 15.2. The molecule has 3 aromatic rings. The highest BCUT2D eigenvalue weighted by molar-refractivity contribution is 9.10. The van der Waals surface area contributed by atoms with E-state index in [0.29, 0.717) is 5.69 Å². The second kappa shape index (κ2) is 7.37. The molecule has 0 atom stereocenters. The smallest absolute Gasteiger partial charge is 0.266 e. The molecule has 1 amide bonds. The van der Waals surface area contributed by atoms with Gasteiger partial charge in [-0.3, -0.25) is 4.79 Å². The number of amides is 1. The lowest BCUT2D eigenvalue weighted by atomic mass is 10.1. The van der Waals surface area contributed by atoms with Crippen LogP contribution >= 0.6 is 15.9 Å². The molecular weight excluding hydrogens is 378 g/mol. The predicted octanol–water partition coefficient (Wildman–Crippen LogP) is 4.97. The van der Waals surface area contributed by atoms with Crippen molar-refractivity contribution in [2.45, 2.75) is 13.5 Å². The normalized spacial score (nSPS) is 11.3. The summed E-state index contributed by atoms with van der Waals surface area (Å²) in [6, 6.07) is 17.2. The van der Waals surface area contributed by atoms with Crippen LogP contribution in [0.2, 0.25) is 0 Å². The molecule has 1 aromatic heterocycles. The van der Waals surface area contributed by atoms with E-state index in [1.54, 1.807) is 18.2 Å². The topological polar surface area (TPSA) is 57.8 Å². The van der Waals surface area contributed by atoms with Crippen LogP contribution in [0.15, 0.2) is 64.8 Å². The molecule has 1 heterocycles. The lowest BCUT2D eigenvalue weighted by molar-refractivity contribution is -0.112. The minimum atomic E-state index is -0.418. The number of anilines is 1. The highest BCUT2D eigenvalue weighted by atomic mass is 79.9. The van der Waals surface area contributed by atoms with Crippen molar-refractivity contribution < 1.29 is 4.79 Å². The zero-order valence-electron chi connectivity index (χ0n) is 13.7. The van der Waals surface area contributed by atoms with Gasteiger partial charge in [0.25, 0.3) is 5.91 Å². The molecular formula is C20H16BrN3O. The third-order valence-electron chi connectivity index (χ3n) is 3.93. The van der Waals surface area contributed by atoms with E-state index in [-0.39, 0.29) is 5.57 Å². The number of halogens is 1. The number of nitrogens with zero attached hydrogens (tertiary/aromatic N) is 2. The molecule has 3 rings (SSSR count). The van der Waals surface area contributed by atoms with E-state index in [9.17, 15) is 10.1 Å². The summed E-state index contributed by atoms with van der Waals surface area (Å²) in [5.41, 5.74) is 2.66. The van der Waals surface area contributed by atoms with Gasteiger partial charge in [0.15, 0.2) is 0 Å². The van der Waals surface area contributed by atoms with Crippen LogP contribution in [-0.4, -0.2) is 10.5 Å². The Morgan fingerprint density at radius 2 is 1.96 bits per heavy atom. The number of rotatable bonds is 4. The van der Waals surface area contributed by atoms with Crippen molar-refractivity contribution in [1.29, 1.82) is 5.26 Å². The molecule has 5 heteroatoms. The molecule has 0 unspecified atom stereocenters. The van der Waals surface area contributed by atoms with Crippen LogP contribution < -0.4 is 5.32 Å². The molecule has 0 spiro atoms. The molecule has 0 aliphatic rings. The first-order valence-electron chi connectivity index (χ1n) is 7.89. The maximum Gasteiger partial charge on any atom is 0.266 e. The van der Waals surface area contributed by atoms with Gasteiger partial charge in [-0.15, -0.1) is 0 Å². The monoisotopic (exact) mass is 393 g/mol. The van der Waals surface area contributed by atoms with Crippen molar-refractivity contribution in [3.8, 4) is 6.07 Å². The molecule has 2 aromatic carbocycles. The number of para-hydroxylation sites is 1. The number of aromatic nitrogens is 1. The van der Waals surface area contributed by atoms with Crippen LogP contribution in [0.3, 0.4) is 0 Å². The molecule has 0 radical (unpaired) electrons. The number of benzene rings is 2. The standard InChI is InChI=1S/C20H16BrN3O/c1-2-24-13-15(18-5-3-4-6-19(18)24)11-14(12-22)20(25)23-17-9-7-16(21)8-10-17/h3-11,13H,2H2,1H3,(H,23,25)/b14-11-. The SMILES string of the molecule is CCn1cc(/C=C(/C#N)C(=O)Nc2ccc(Br)cc2)c2ccccc21. The fourth-order valence-electron chi connectivity index (χ4n) is 2.69. The Bertz CT molecular complexity index is 994. The Labute approximate surface area is 154 Å². The minimum absolute atomic E-state index is 0.0712. The van der Waals surface area contributed by atoms with Crippen LogP contribution in [0.25, 0.3) is 17.0 Å². The van der Waals surface area contributed by atoms with Gasteiger partial charge in [0.2, 0.25) is 0 Å². The van der Waals surface area contributed by atoms with E-state index in [2.05, 4.69) is 32.7 Å². The highest BCUT2D eigenvalue weighted by Crippen LogP contribution is 2.24. The number of carbonyl (C=O) groups is 1. The molecule has 0 fully saturated rings. The Balaban J connectivity index is 1.94. The molecule has 4 nitrogen and oxygen atoms in total. The van der Waals surface area contributed by atoms with Gasteiger partial charge < -0.3 is 9.88 Å². The summed E-state index contributed by atoms with van der Waals surface area (Å²) in [5.74, 6) is -0.418. The van der Waals surface area contributed by atoms with Gasteiger partial charge in [0.1, 0.15) is 11.6 Å². The van der Waals surface area contributed by atoms with Gasteiger partial charge in [0.05, 0.1) is 0 Å². The average Bonchev–Trinajstić information content (AvgIpc) is 2.99. The maximum absolute atomic E-state index is 12.4. The number of nitriles is 1. The first-order valence-corrected chi connectivity index (χ1v) is 8.68. The second-order valence-corrected chi connectivity index (χ2v) is 6.43. The number of aryl methyl sites for hydroxylation is 1. The van der Waals surface area contributed by atoms with E-state index in [0.717, 1.165) is 27.5 Å². The van der Waals surface area contributed by atoms with Gasteiger partial charge >= 0.3 is 0 Å². The van der Waals surface area contributed by atoms with Crippen molar-refractivity contribution in [3.05, 3.63) is 70.3 Å². The minimum Gasteiger partial charge on any atom is -0.347 e. The summed E-state index contributed by atoms with van der Waals surface area (Å²) in [7, 11) is 0. The number of nitrogens with one attached hydrogen (secondary N) is 1. The predicted molar refractivity (Wildman–Crippen MR) is 104 cm³/mol. The molecule has 124 valence electrons. The van der Waals surface area contributed by atoms with Gasteiger partial charge in [0, 0.05) is 39.4 Å². The number of hydrogen-bond donors (Lipinski definition) is 1. The molecule has 0 bridgehead atoms. The molecule has 1 N–H and O–H groups in total. The first kappa shape index (κ1) is 17.0. The van der Waals surface area contributed by atoms with Crippen molar-refractivity contribution in [2.24, 2.45) is 0 Å². The maximum atomic E-state index is 12.4. The molecule has 0 aliphatic carbocycles. The van der Waals surface area contributed by atoms with Crippen LogP contribution in [0.5, 0.6) is 0 Å². The van der Waals surface area contributed by atoms with Gasteiger partial charge in [-0.1, -0.05) is 34.1 Å². The van der Waals surface area contributed by atoms with Crippen molar-refractivity contribution in [1.82, 2.24) is 4.57 Å². The van der Waals surface area contributed by atoms with Crippen LogP contribution in [-0.2, 0) is 11.3 Å². The summed E-state index contributed by atoms with van der Waals surface area (Å²) >= 11 is 3.35. The summed E-state index contributed by atoms with van der Waals surface area (Å²) in [5, 5.41) is 13.2. The fourth-order valence-corrected chi connectivity index (χ4v) is 2.95. The fraction of sp³-hybridized carbons (Fsp3) is 0.100. The lowest BCUT2D eigenvalue weighted by Gasteiger charge is -2.04. The van der Waals surface area contributed by atoms with E-state index in [1.807, 2.05) is 48.7 Å².